The van der Waals surface area contributed by atoms with Crippen LogP contribution in [0.4, 0.5) is 0 Å². The molecule has 1 aliphatic rings. The second-order valence-electron chi connectivity index (χ2n) is 8.96. The molecule has 0 saturated carbocycles. The maximum absolute atomic E-state index is 10.5. The van der Waals surface area contributed by atoms with Gasteiger partial charge in [-0.2, -0.15) is 0 Å². The second-order valence-corrected chi connectivity index (χ2v) is 8.96. The number of aliphatic hydroxyl groups excluding tert-OH is 1. The number of benzene rings is 1. The third-order valence-electron chi connectivity index (χ3n) is 6.07. The number of pyridine rings is 1. The average molecular weight is 442 g/mol. The molecule has 1 atom stereocenters. The molecule has 1 fully saturated rings. The van der Waals surface area contributed by atoms with Gasteiger partial charge in [-0.3, -0.25) is 9.88 Å². The Kier molecular flexibility index (Phi) is 9.78. The molecular formula is C26H39N3O3. The molecule has 1 aromatic heterocycles. The molecule has 0 aliphatic carbocycles. The number of aryl methyl sites for hydroxylation is 1. The van der Waals surface area contributed by atoms with Crippen molar-refractivity contribution in [3.05, 3.63) is 53.3 Å². The summed E-state index contributed by atoms with van der Waals surface area (Å²) in [6, 6.07) is 10.1. The molecule has 1 aromatic carbocycles. The molecule has 6 nitrogen and oxygen atoms in total. The Morgan fingerprint density at radius 1 is 1.06 bits per heavy atom. The van der Waals surface area contributed by atoms with Crippen LogP contribution < -0.4 is 9.47 Å². The van der Waals surface area contributed by atoms with Crippen LogP contribution in [0.3, 0.4) is 0 Å². The zero-order valence-electron chi connectivity index (χ0n) is 19.9. The maximum Gasteiger partial charge on any atom is 0.161 e. The van der Waals surface area contributed by atoms with Crippen LogP contribution >= 0.6 is 0 Å². The minimum atomic E-state index is -0.508. The van der Waals surface area contributed by atoms with Gasteiger partial charge in [-0.05, 0) is 69.2 Å². The van der Waals surface area contributed by atoms with E-state index in [-0.39, 0.29) is 6.61 Å². The van der Waals surface area contributed by atoms with E-state index in [4.69, 9.17) is 9.47 Å². The first-order chi connectivity index (χ1) is 15.5. The Morgan fingerprint density at radius 3 is 2.53 bits per heavy atom. The van der Waals surface area contributed by atoms with Crippen LogP contribution in [-0.4, -0.2) is 66.4 Å². The third kappa shape index (κ3) is 7.76. The summed E-state index contributed by atoms with van der Waals surface area (Å²) >= 11 is 0. The molecule has 1 saturated heterocycles. The highest BCUT2D eigenvalue weighted by atomic mass is 16.5. The molecule has 0 unspecified atom stereocenters. The van der Waals surface area contributed by atoms with Crippen molar-refractivity contribution in [2.24, 2.45) is 0 Å². The van der Waals surface area contributed by atoms with Gasteiger partial charge in [0.15, 0.2) is 11.5 Å². The molecule has 176 valence electrons. The summed E-state index contributed by atoms with van der Waals surface area (Å²) in [6.45, 7) is 6.73. The predicted octanol–water partition coefficient (Wildman–Crippen LogP) is 4.04. The number of rotatable bonds is 10. The quantitative estimate of drug-likeness (QED) is 0.601. The summed E-state index contributed by atoms with van der Waals surface area (Å²) in [5.41, 5.74) is 3.44. The third-order valence-corrected chi connectivity index (χ3v) is 6.07. The fourth-order valence-electron chi connectivity index (χ4n) is 4.27. The van der Waals surface area contributed by atoms with E-state index in [1.807, 2.05) is 24.4 Å². The fraction of sp³-hybridized carbons (Fsp3) is 0.577. The van der Waals surface area contributed by atoms with Crippen molar-refractivity contribution in [1.82, 2.24) is 14.8 Å². The molecule has 1 aliphatic heterocycles. The van der Waals surface area contributed by atoms with E-state index in [0.29, 0.717) is 18.0 Å². The fourth-order valence-corrected chi connectivity index (χ4v) is 4.27. The number of β-amino-alcohol motifs (C(OH)–C–C–N with tert-alkyl or cyclic N) is 1. The molecule has 32 heavy (non-hydrogen) atoms. The van der Waals surface area contributed by atoms with E-state index in [1.165, 1.54) is 37.7 Å². The lowest BCUT2D eigenvalue weighted by molar-refractivity contribution is 0.0645. The number of ether oxygens (including phenoxy) is 2. The topological polar surface area (TPSA) is 58.1 Å². The Hall–Kier alpha value is -2.15. The van der Waals surface area contributed by atoms with Crippen LogP contribution in [0.25, 0.3) is 0 Å². The van der Waals surface area contributed by atoms with E-state index < -0.39 is 6.10 Å². The van der Waals surface area contributed by atoms with E-state index in [2.05, 4.69) is 40.9 Å². The van der Waals surface area contributed by atoms with Gasteiger partial charge in [0, 0.05) is 25.8 Å². The van der Waals surface area contributed by atoms with Gasteiger partial charge in [0.05, 0.1) is 12.8 Å². The Morgan fingerprint density at radius 2 is 1.81 bits per heavy atom. The molecule has 0 amide bonds. The number of methoxy groups -OCH3 is 1. The van der Waals surface area contributed by atoms with Gasteiger partial charge in [-0.1, -0.05) is 31.4 Å². The van der Waals surface area contributed by atoms with E-state index in [1.54, 1.807) is 7.11 Å². The molecule has 0 bridgehead atoms. The van der Waals surface area contributed by atoms with Crippen LogP contribution in [0.15, 0.2) is 36.5 Å². The van der Waals surface area contributed by atoms with Gasteiger partial charge >= 0.3 is 0 Å². The highest BCUT2D eigenvalue weighted by Gasteiger charge is 2.15. The van der Waals surface area contributed by atoms with Crippen molar-refractivity contribution in [2.45, 2.75) is 58.2 Å². The zero-order valence-corrected chi connectivity index (χ0v) is 19.9. The lowest BCUT2D eigenvalue weighted by Crippen LogP contribution is -2.37. The van der Waals surface area contributed by atoms with Crippen LogP contribution in [0.1, 0.15) is 48.9 Å². The van der Waals surface area contributed by atoms with Crippen LogP contribution in [-0.2, 0) is 13.1 Å². The molecule has 0 spiro atoms. The van der Waals surface area contributed by atoms with Crippen molar-refractivity contribution in [1.29, 1.82) is 0 Å². The Labute approximate surface area is 193 Å². The number of hydrogen-bond acceptors (Lipinski definition) is 6. The number of aliphatic hydroxyl groups is 1. The Bertz CT molecular complexity index is 822. The minimum absolute atomic E-state index is 0.269. The van der Waals surface area contributed by atoms with Crippen molar-refractivity contribution in [3.8, 4) is 11.5 Å². The highest BCUT2D eigenvalue weighted by molar-refractivity contribution is 5.43. The first-order valence-corrected chi connectivity index (χ1v) is 11.8. The zero-order chi connectivity index (χ0) is 22.8. The highest BCUT2D eigenvalue weighted by Crippen LogP contribution is 2.29. The first kappa shape index (κ1) is 24.5. The molecule has 1 N–H and O–H groups in total. The van der Waals surface area contributed by atoms with Crippen LogP contribution in [0, 0.1) is 6.92 Å². The standard InChI is InChI=1S/C26H39N3O3/c1-21-10-9-13-27-24(21)19-28(2)17-22-11-12-25(26(16-22)31-3)32-20-23(30)18-29-14-7-5-4-6-8-15-29/h9-13,16,23,30H,4-8,14-15,17-20H2,1-3H3/t23-/m1/s1. The van der Waals surface area contributed by atoms with E-state index in [9.17, 15) is 5.11 Å². The van der Waals surface area contributed by atoms with Crippen LogP contribution in [0.5, 0.6) is 11.5 Å². The number of aromatic nitrogens is 1. The molecule has 2 aromatic rings. The van der Waals surface area contributed by atoms with Gasteiger partial charge in [0.25, 0.3) is 0 Å². The lowest BCUT2D eigenvalue weighted by atomic mass is 10.1. The van der Waals surface area contributed by atoms with Gasteiger partial charge in [-0.25, -0.2) is 0 Å². The van der Waals surface area contributed by atoms with Gasteiger partial charge < -0.3 is 19.5 Å². The van der Waals surface area contributed by atoms with Gasteiger partial charge in [-0.15, -0.1) is 0 Å². The Balaban J connectivity index is 1.51. The van der Waals surface area contributed by atoms with Crippen molar-refractivity contribution in [2.75, 3.05) is 40.4 Å². The summed E-state index contributed by atoms with van der Waals surface area (Å²) in [7, 11) is 3.75. The smallest absolute Gasteiger partial charge is 0.161 e. The number of likely N-dealkylation sites (tertiary alicyclic amines) is 1. The summed E-state index contributed by atoms with van der Waals surface area (Å²) in [4.78, 5) is 9.09. The molecule has 2 heterocycles. The number of hydrogen-bond donors (Lipinski definition) is 1. The molecular weight excluding hydrogens is 402 g/mol. The van der Waals surface area contributed by atoms with Gasteiger partial charge in [0.1, 0.15) is 12.7 Å². The molecule has 0 radical (unpaired) electrons. The summed E-state index contributed by atoms with van der Waals surface area (Å²) in [6.07, 6.45) is 7.70. The SMILES string of the molecule is COc1cc(CN(C)Cc2ncccc2C)ccc1OC[C@H](O)CN1CCCCCCC1. The molecule has 6 heteroatoms. The van der Waals surface area contributed by atoms with Crippen molar-refractivity contribution >= 4 is 0 Å². The largest absolute Gasteiger partial charge is 0.493 e. The molecule has 3 rings (SSSR count). The van der Waals surface area contributed by atoms with Gasteiger partial charge in [0.2, 0.25) is 0 Å². The van der Waals surface area contributed by atoms with E-state index in [0.717, 1.165) is 37.4 Å². The minimum Gasteiger partial charge on any atom is -0.493 e. The van der Waals surface area contributed by atoms with Crippen LogP contribution in [0.2, 0.25) is 0 Å². The predicted molar refractivity (Wildman–Crippen MR) is 128 cm³/mol. The lowest BCUT2D eigenvalue weighted by Gasteiger charge is -2.26. The maximum atomic E-state index is 10.5. The van der Waals surface area contributed by atoms with E-state index >= 15 is 0 Å². The first-order valence-electron chi connectivity index (χ1n) is 11.8. The summed E-state index contributed by atoms with van der Waals surface area (Å²) in [5, 5.41) is 10.5. The summed E-state index contributed by atoms with van der Waals surface area (Å²) < 4.78 is 11.5. The average Bonchev–Trinajstić information content (AvgIpc) is 2.76. The monoisotopic (exact) mass is 441 g/mol. The second kappa shape index (κ2) is 12.8. The number of nitrogens with zero attached hydrogens (tertiary/aromatic N) is 3. The van der Waals surface area contributed by atoms with Crippen molar-refractivity contribution in [3.63, 3.8) is 0 Å². The van der Waals surface area contributed by atoms with Crippen molar-refractivity contribution < 1.29 is 14.6 Å². The summed E-state index contributed by atoms with van der Waals surface area (Å²) in [5.74, 6) is 1.37. The normalized spacial score (nSPS) is 16.4.